The first-order valence-electron chi connectivity index (χ1n) is 7.52. The topological polar surface area (TPSA) is 34.1 Å². The van der Waals surface area contributed by atoms with Gasteiger partial charge in [0.05, 0.1) is 17.1 Å². The minimum absolute atomic E-state index is 0.142. The van der Waals surface area contributed by atoms with Gasteiger partial charge in [0.25, 0.3) is 0 Å². The van der Waals surface area contributed by atoms with Gasteiger partial charge in [0.2, 0.25) is 0 Å². The highest BCUT2D eigenvalue weighted by Crippen LogP contribution is 2.30. The smallest absolute Gasteiger partial charge is 0.228 e. The predicted octanol–water partition coefficient (Wildman–Crippen LogP) is 4.94. The maximum atomic E-state index is 12.7. The first-order valence-corrected chi connectivity index (χ1v) is 9.34. The second-order valence-electron chi connectivity index (χ2n) is 6.13. The number of benzene rings is 2. The Morgan fingerprint density at radius 1 is 0.917 bits per heavy atom. The van der Waals surface area contributed by atoms with Crippen molar-refractivity contribution in [3.05, 3.63) is 70.8 Å². The van der Waals surface area contributed by atoms with Gasteiger partial charge in [-0.3, -0.25) is 0 Å². The average Bonchev–Trinajstić information content (AvgIpc) is 2.46. The molecule has 0 aliphatic carbocycles. The van der Waals surface area contributed by atoms with Crippen LogP contribution in [0.15, 0.2) is 48.5 Å². The second kappa shape index (κ2) is 6.97. The Morgan fingerprint density at radius 2 is 1.50 bits per heavy atom. The van der Waals surface area contributed by atoms with E-state index in [0.717, 1.165) is 17.7 Å². The van der Waals surface area contributed by atoms with Crippen LogP contribution in [0.4, 0.5) is 13.2 Å². The Morgan fingerprint density at radius 3 is 2.04 bits per heavy atom. The fourth-order valence-electron chi connectivity index (χ4n) is 2.40. The molecule has 0 fully saturated rings. The minimum atomic E-state index is -4.48. The van der Waals surface area contributed by atoms with Crippen LogP contribution in [0.25, 0.3) is 0 Å². The van der Waals surface area contributed by atoms with Crippen LogP contribution in [-0.4, -0.2) is 8.42 Å². The van der Waals surface area contributed by atoms with Crippen molar-refractivity contribution >= 4 is 9.84 Å². The Hall–Kier alpha value is -1.82. The molecule has 0 bridgehead atoms. The standard InChI is InChI=1S/C18H19F3O2S/c1-13(2)16-8-6-14(7-9-16)11-24(22,23)12-15-4-3-5-17(10-15)18(19,20)21/h3-10,13H,11-12H2,1-2H3. The lowest BCUT2D eigenvalue weighted by Gasteiger charge is -2.10. The van der Waals surface area contributed by atoms with Gasteiger partial charge in [-0.1, -0.05) is 56.3 Å². The van der Waals surface area contributed by atoms with Crippen molar-refractivity contribution in [3.8, 4) is 0 Å². The molecule has 2 aromatic carbocycles. The molecule has 0 heterocycles. The number of hydrogen-bond donors (Lipinski definition) is 0. The normalized spacial score (nSPS) is 12.6. The van der Waals surface area contributed by atoms with E-state index in [0.29, 0.717) is 11.5 Å². The number of sulfone groups is 1. The molecule has 0 spiro atoms. The highest BCUT2D eigenvalue weighted by molar-refractivity contribution is 7.89. The summed E-state index contributed by atoms with van der Waals surface area (Å²) in [5.41, 5.74) is 1.04. The molecular formula is C18H19F3O2S. The van der Waals surface area contributed by atoms with Crippen LogP contribution >= 0.6 is 0 Å². The molecule has 24 heavy (non-hydrogen) atoms. The van der Waals surface area contributed by atoms with Crippen molar-refractivity contribution in [3.63, 3.8) is 0 Å². The summed E-state index contributed by atoms with van der Waals surface area (Å²) in [6, 6.07) is 11.7. The van der Waals surface area contributed by atoms with Gasteiger partial charge in [0.1, 0.15) is 0 Å². The molecule has 0 atom stereocenters. The summed E-state index contributed by atoms with van der Waals surface area (Å²) in [7, 11) is -3.55. The highest BCUT2D eigenvalue weighted by atomic mass is 32.2. The van der Waals surface area contributed by atoms with E-state index in [1.165, 1.54) is 12.1 Å². The van der Waals surface area contributed by atoms with E-state index in [-0.39, 0.29) is 11.3 Å². The summed E-state index contributed by atoms with van der Waals surface area (Å²) in [6.45, 7) is 4.08. The van der Waals surface area contributed by atoms with Gasteiger partial charge in [-0.15, -0.1) is 0 Å². The third-order valence-corrected chi connectivity index (χ3v) is 5.22. The van der Waals surface area contributed by atoms with Gasteiger partial charge in [-0.05, 0) is 28.7 Å². The van der Waals surface area contributed by atoms with Crippen molar-refractivity contribution in [2.75, 3.05) is 0 Å². The first kappa shape index (κ1) is 18.5. The average molecular weight is 356 g/mol. The van der Waals surface area contributed by atoms with E-state index in [9.17, 15) is 21.6 Å². The fourth-order valence-corrected chi connectivity index (χ4v) is 3.88. The third-order valence-electron chi connectivity index (χ3n) is 3.67. The molecule has 0 saturated heterocycles. The predicted molar refractivity (Wildman–Crippen MR) is 88.3 cm³/mol. The summed E-state index contributed by atoms with van der Waals surface area (Å²) >= 11 is 0. The van der Waals surface area contributed by atoms with Gasteiger partial charge < -0.3 is 0 Å². The molecule has 2 nitrogen and oxygen atoms in total. The third kappa shape index (κ3) is 5.09. The molecule has 0 aromatic heterocycles. The Labute approximate surface area is 140 Å². The van der Waals surface area contributed by atoms with E-state index in [1.807, 2.05) is 26.0 Å². The molecule has 6 heteroatoms. The molecule has 0 unspecified atom stereocenters. The van der Waals surface area contributed by atoms with E-state index in [1.54, 1.807) is 12.1 Å². The van der Waals surface area contributed by atoms with Crippen LogP contribution in [-0.2, 0) is 27.5 Å². The van der Waals surface area contributed by atoms with Crippen molar-refractivity contribution in [1.29, 1.82) is 0 Å². The summed E-state index contributed by atoms with van der Waals surface area (Å²) < 4.78 is 62.6. The Bertz CT molecular complexity index is 792. The fraction of sp³-hybridized carbons (Fsp3) is 0.333. The van der Waals surface area contributed by atoms with Crippen molar-refractivity contribution in [2.24, 2.45) is 0 Å². The van der Waals surface area contributed by atoms with Crippen LogP contribution in [0, 0.1) is 0 Å². The zero-order valence-electron chi connectivity index (χ0n) is 13.5. The zero-order valence-corrected chi connectivity index (χ0v) is 14.3. The van der Waals surface area contributed by atoms with Crippen LogP contribution in [0.2, 0.25) is 0 Å². The summed E-state index contributed by atoms with van der Waals surface area (Å²) in [5, 5.41) is 0. The lowest BCUT2D eigenvalue weighted by molar-refractivity contribution is -0.137. The molecule has 0 aliphatic heterocycles. The Balaban J connectivity index is 2.14. The lowest BCUT2D eigenvalue weighted by atomic mass is 10.0. The SMILES string of the molecule is CC(C)c1ccc(CS(=O)(=O)Cc2cccc(C(F)(F)F)c2)cc1. The van der Waals surface area contributed by atoms with E-state index >= 15 is 0 Å². The van der Waals surface area contributed by atoms with E-state index in [2.05, 4.69) is 0 Å². The first-order chi connectivity index (χ1) is 11.1. The molecule has 2 aromatic rings. The Kier molecular flexibility index (Phi) is 5.38. The molecule has 0 radical (unpaired) electrons. The molecular weight excluding hydrogens is 337 g/mol. The van der Waals surface area contributed by atoms with Crippen molar-refractivity contribution in [1.82, 2.24) is 0 Å². The van der Waals surface area contributed by atoms with Crippen LogP contribution in [0.5, 0.6) is 0 Å². The van der Waals surface area contributed by atoms with Gasteiger partial charge >= 0.3 is 6.18 Å². The number of rotatable bonds is 5. The second-order valence-corrected chi connectivity index (χ2v) is 8.19. The molecule has 0 aliphatic rings. The van der Waals surface area contributed by atoms with Gasteiger partial charge in [0.15, 0.2) is 9.84 Å². The largest absolute Gasteiger partial charge is 0.416 e. The number of halogens is 3. The maximum absolute atomic E-state index is 12.7. The molecule has 130 valence electrons. The molecule has 0 amide bonds. The van der Waals surface area contributed by atoms with Crippen molar-refractivity contribution < 1.29 is 21.6 Å². The lowest BCUT2D eigenvalue weighted by Crippen LogP contribution is -2.10. The van der Waals surface area contributed by atoms with Gasteiger partial charge in [-0.25, -0.2) is 8.42 Å². The number of alkyl halides is 3. The zero-order chi connectivity index (χ0) is 18.0. The number of hydrogen-bond acceptors (Lipinski definition) is 2. The quantitative estimate of drug-likeness (QED) is 0.760. The highest BCUT2D eigenvalue weighted by Gasteiger charge is 2.30. The van der Waals surface area contributed by atoms with Gasteiger partial charge in [-0.2, -0.15) is 13.2 Å². The minimum Gasteiger partial charge on any atom is -0.228 e. The maximum Gasteiger partial charge on any atom is 0.416 e. The summed E-state index contributed by atoms with van der Waals surface area (Å²) in [5.74, 6) is -0.259. The van der Waals surface area contributed by atoms with E-state index < -0.39 is 27.3 Å². The summed E-state index contributed by atoms with van der Waals surface area (Å²) in [6.07, 6.45) is -4.48. The molecule has 0 N–H and O–H groups in total. The molecule has 2 rings (SSSR count). The summed E-state index contributed by atoms with van der Waals surface area (Å²) in [4.78, 5) is 0. The van der Waals surface area contributed by atoms with Crippen LogP contribution in [0.1, 0.15) is 42.0 Å². The van der Waals surface area contributed by atoms with Crippen LogP contribution in [0.3, 0.4) is 0 Å². The molecule has 0 saturated carbocycles. The monoisotopic (exact) mass is 356 g/mol. The van der Waals surface area contributed by atoms with E-state index in [4.69, 9.17) is 0 Å². The van der Waals surface area contributed by atoms with Crippen LogP contribution < -0.4 is 0 Å². The van der Waals surface area contributed by atoms with Gasteiger partial charge in [0, 0.05) is 0 Å². The van der Waals surface area contributed by atoms with Crippen molar-refractivity contribution in [2.45, 2.75) is 37.4 Å².